The van der Waals surface area contributed by atoms with E-state index in [1.807, 2.05) is 0 Å². The number of thiazole rings is 1. The van der Waals surface area contributed by atoms with E-state index in [-0.39, 0.29) is 6.04 Å². The quantitative estimate of drug-likeness (QED) is 0.857. The largest absolute Gasteiger partial charge is 0.315 e. The predicted molar refractivity (Wildman–Crippen MR) is 63.1 cm³/mol. The molecule has 2 rings (SSSR count). The van der Waals surface area contributed by atoms with Crippen molar-refractivity contribution in [2.45, 2.75) is 23.6 Å². The summed E-state index contributed by atoms with van der Waals surface area (Å²) in [5, 5.41) is 3.94. The fourth-order valence-electron chi connectivity index (χ4n) is 1.75. The van der Waals surface area contributed by atoms with Crippen LogP contribution in [-0.2, 0) is 10.0 Å². The van der Waals surface area contributed by atoms with E-state index in [0.29, 0.717) is 4.21 Å². The lowest BCUT2D eigenvalue weighted by Crippen LogP contribution is -2.37. The van der Waals surface area contributed by atoms with Gasteiger partial charge in [-0.15, -0.1) is 11.3 Å². The van der Waals surface area contributed by atoms with Gasteiger partial charge in [0.05, 0.1) is 11.2 Å². The maximum Gasteiger partial charge on any atom is 0.254 e. The monoisotopic (exact) mass is 261 g/mol. The van der Waals surface area contributed by atoms with Gasteiger partial charge < -0.3 is 5.32 Å². The van der Waals surface area contributed by atoms with E-state index in [0.717, 1.165) is 24.5 Å². The van der Waals surface area contributed by atoms with Crippen molar-refractivity contribution < 1.29 is 8.42 Å². The summed E-state index contributed by atoms with van der Waals surface area (Å²) < 4.78 is 26.2. The second kappa shape index (κ2) is 4.40. The van der Waals surface area contributed by atoms with E-state index in [1.165, 1.54) is 21.8 Å². The lowest BCUT2D eigenvalue weighted by molar-refractivity contribution is 0.388. The van der Waals surface area contributed by atoms with Gasteiger partial charge in [0, 0.05) is 19.6 Å². The van der Waals surface area contributed by atoms with Gasteiger partial charge in [-0.3, -0.25) is 0 Å². The number of nitrogens with zero attached hydrogens (tertiary/aromatic N) is 2. The van der Waals surface area contributed by atoms with Crippen molar-refractivity contribution in [2.75, 3.05) is 20.1 Å². The Morgan fingerprint density at radius 1 is 1.62 bits per heavy atom. The van der Waals surface area contributed by atoms with Gasteiger partial charge in [-0.25, -0.2) is 13.4 Å². The van der Waals surface area contributed by atoms with Crippen LogP contribution in [0.2, 0.25) is 0 Å². The second-order valence-electron chi connectivity index (χ2n) is 3.87. The molecule has 0 radical (unpaired) electrons. The van der Waals surface area contributed by atoms with E-state index in [1.54, 1.807) is 14.0 Å². The van der Waals surface area contributed by atoms with Gasteiger partial charge in [-0.2, -0.15) is 4.31 Å². The molecule has 7 heteroatoms. The molecule has 1 aromatic rings. The van der Waals surface area contributed by atoms with Crippen LogP contribution >= 0.6 is 11.3 Å². The summed E-state index contributed by atoms with van der Waals surface area (Å²) in [5.41, 5.74) is 0. The molecule has 1 aromatic heterocycles. The van der Waals surface area contributed by atoms with Gasteiger partial charge in [-0.1, -0.05) is 0 Å². The molecule has 90 valence electrons. The fourth-order valence-corrected chi connectivity index (χ4v) is 4.43. The van der Waals surface area contributed by atoms with Crippen LogP contribution in [0, 0.1) is 6.92 Å². The molecule has 0 aliphatic carbocycles. The highest BCUT2D eigenvalue weighted by Gasteiger charge is 2.31. The first-order valence-electron chi connectivity index (χ1n) is 5.13. The van der Waals surface area contributed by atoms with E-state index in [4.69, 9.17) is 0 Å². The normalized spacial score (nSPS) is 21.8. The zero-order valence-electron chi connectivity index (χ0n) is 9.30. The number of hydrogen-bond donors (Lipinski definition) is 1. The minimum atomic E-state index is -3.35. The minimum absolute atomic E-state index is 0.0624. The molecule has 1 atom stereocenters. The highest BCUT2D eigenvalue weighted by molar-refractivity contribution is 7.91. The van der Waals surface area contributed by atoms with E-state index in [9.17, 15) is 8.42 Å². The molecule has 16 heavy (non-hydrogen) atoms. The van der Waals surface area contributed by atoms with Crippen molar-refractivity contribution in [2.24, 2.45) is 0 Å². The number of aromatic nitrogens is 1. The number of likely N-dealkylation sites (N-methyl/N-ethyl adjacent to an activating group) is 1. The van der Waals surface area contributed by atoms with Crippen molar-refractivity contribution in [3.05, 3.63) is 11.2 Å². The standard InChI is InChI=1S/C9H15N3O2S2/c1-7-11-6-9(15-7)16(13,14)12(2)8-3-4-10-5-8/h6,8,10H,3-5H2,1-2H3. The number of nitrogens with one attached hydrogen (secondary N) is 1. The van der Waals surface area contributed by atoms with Gasteiger partial charge >= 0.3 is 0 Å². The van der Waals surface area contributed by atoms with Gasteiger partial charge in [0.1, 0.15) is 0 Å². The Balaban J connectivity index is 2.24. The Kier molecular flexibility index (Phi) is 3.29. The first kappa shape index (κ1) is 12.0. The molecule has 1 fully saturated rings. The Hall–Kier alpha value is -0.500. The van der Waals surface area contributed by atoms with Gasteiger partial charge in [-0.05, 0) is 19.9 Å². The Morgan fingerprint density at radius 2 is 2.38 bits per heavy atom. The van der Waals surface area contributed by atoms with Gasteiger partial charge in [0.25, 0.3) is 10.0 Å². The average molecular weight is 261 g/mol. The van der Waals surface area contributed by atoms with Crippen LogP contribution in [0.3, 0.4) is 0 Å². The van der Waals surface area contributed by atoms with Crippen LogP contribution in [-0.4, -0.2) is 43.9 Å². The highest BCUT2D eigenvalue weighted by atomic mass is 32.2. The molecule has 0 aromatic carbocycles. The highest BCUT2D eigenvalue weighted by Crippen LogP contribution is 2.23. The summed E-state index contributed by atoms with van der Waals surface area (Å²) in [4.78, 5) is 3.99. The first-order valence-corrected chi connectivity index (χ1v) is 7.38. The zero-order valence-corrected chi connectivity index (χ0v) is 10.9. The number of aryl methyl sites for hydroxylation is 1. The number of sulfonamides is 1. The first-order chi connectivity index (χ1) is 7.51. The van der Waals surface area contributed by atoms with E-state index >= 15 is 0 Å². The fraction of sp³-hybridized carbons (Fsp3) is 0.667. The second-order valence-corrected chi connectivity index (χ2v) is 7.33. The van der Waals surface area contributed by atoms with Crippen LogP contribution in [0.25, 0.3) is 0 Å². The molecular formula is C9H15N3O2S2. The number of hydrogen-bond acceptors (Lipinski definition) is 5. The summed E-state index contributed by atoms with van der Waals surface area (Å²) in [6.45, 7) is 3.42. The summed E-state index contributed by atoms with van der Waals surface area (Å²) >= 11 is 1.22. The molecule has 0 amide bonds. The molecule has 1 aliphatic heterocycles. The van der Waals surface area contributed by atoms with Crippen molar-refractivity contribution in [3.63, 3.8) is 0 Å². The average Bonchev–Trinajstić information content (AvgIpc) is 2.86. The Labute approximate surface area is 99.5 Å². The zero-order chi connectivity index (χ0) is 11.8. The molecule has 5 nitrogen and oxygen atoms in total. The molecular weight excluding hydrogens is 246 g/mol. The van der Waals surface area contributed by atoms with Crippen molar-refractivity contribution in [3.8, 4) is 0 Å². The summed E-state index contributed by atoms with van der Waals surface area (Å²) in [6.07, 6.45) is 2.31. The van der Waals surface area contributed by atoms with Crippen LogP contribution in [0.5, 0.6) is 0 Å². The maximum absolute atomic E-state index is 12.2. The molecule has 1 saturated heterocycles. The molecule has 1 N–H and O–H groups in total. The van der Waals surface area contributed by atoms with Crippen LogP contribution in [0.4, 0.5) is 0 Å². The minimum Gasteiger partial charge on any atom is -0.315 e. The smallest absolute Gasteiger partial charge is 0.254 e. The Bertz CT molecular complexity index is 463. The molecule has 1 aliphatic rings. The third-order valence-electron chi connectivity index (χ3n) is 2.78. The molecule has 0 saturated carbocycles. The maximum atomic E-state index is 12.2. The lowest BCUT2D eigenvalue weighted by Gasteiger charge is -2.21. The van der Waals surface area contributed by atoms with Gasteiger partial charge in [0.15, 0.2) is 4.21 Å². The Morgan fingerprint density at radius 3 is 2.88 bits per heavy atom. The SMILES string of the molecule is Cc1ncc(S(=O)(=O)N(C)C2CCNC2)s1. The molecule has 0 spiro atoms. The van der Waals surface area contributed by atoms with Crippen molar-refractivity contribution in [1.82, 2.24) is 14.6 Å². The third kappa shape index (κ3) is 2.13. The third-order valence-corrected chi connectivity index (χ3v) is 6.04. The molecule has 2 heterocycles. The van der Waals surface area contributed by atoms with Crippen LogP contribution < -0.4 is 5.32 Å². The van der Waals surface area contributed by atoms with E-state index in [2.05, 4.69) is 10.3 Å². The van der Waals surface area contributed by atoms with Crippen molar-refractivity contribution >= 4 is 21.4 Å². The molecule has 0 bridgehead atoms. The summed E-state index contributed by atoms with van der Waals surface area (Å²) in [5.74, 6) is 0. The number of rotatable bonds is 3. The van der Waals surface area contributed by atoms with Crippen LogP contribution in [0.1, 0.15) is 11.4 Å². The van der Waals surface area contributed by atoms with Crippen molar-refractivity contribution in [1.29, 1.82) is 0 Å². The summed E-state index contributed by atoms with van der Waals surface area (Å²) in [7, 11) is -1.71. The summed E-state index contributed by atoms with van der Waals surface area (Å²) in [6, 6.07) is 0.0624. The van der Waals surface area contributed by atoms with E-state index < -0.39 is 10.0 Å². The lowest BCUT2D eigenvalue weighted by atomic mass is 10.3. The topological polar surface area (TPSA) is 62.3 Å². The van der Waals surface area contributed by atoms with Gasteiger partial charge in [0.2, 0.25) is 0 Å². The molecule has 1 unspecified atom stereocenters. The predicted octanol–water partition coefficient (Wildman–Crippen LogP) is 0.434. The van der Waals surface area contributed by atoms with Crippen LogP contribution in [0.15, 0.2) is 10.4 Å².